The van der Waals surface area contributed by atoms with Crippen LogP contribution in [0.3, 0.4) is 0 Å². The van der Waals surface area contributed by atoms with Gasteiger partial charge in [0, 0.05) is 11.1 Å². The number of rotatable bonds is 7. The van der Waals surface area contributed by atoms with Crippen LogP contribution in [0.4, 0.5) is 25.2 Å². The van der Waals surface area contributed by atoms with Crippen molar-refractivity contribution in [2.45, 2.75) is 47.4 Å². The molecule has 0 atom stereocenters. The van der Waals surface area contributed by atoms with Crippen molar-refractivity contribution < 1.29 is 77.9 Å². The molecule has 0 saturated carbocycles. The third-order valence-corrected chi connectivity index (χ3v) is 9.28. The SMILES string of the molecule is Cc1cc(C)cc(C[NH2+]Cc2ccc(COC(=O)c3cc(C)cc(C)c3)cc2)c1.F[P-](F)(F)(F)(F)F.c1ccc2c(c1)OCCOCCOCCOc1ccccc1OCCOCCOCCO2. The summed E-state index contributed by atoms with van der Waals surface area (Å²) in [4.78, 5) is 12.3. The number of carbonyl (C=O) groups excluding carboxylic acids is 1. The van der Waals surface area contributed by atoms with E-state index in [4.69, 9.17) is 42.6 Å². The molecule has 6 rings (SSSR count). The minimum Gasteiger partial charge on any atom is -0.487 e. The second-order valence-corrected chi connectivity index (χ2v) is 17.6. The summed E-state index contributed by atoms with van der Waals surface area (Å²) in [5.41, 5.74) is 9.00. The fourth-order valence-electron chi connectivity index (χ4n) is 6.55. The Labute approximate surface area is 394 Å². The quantitative estimate of drug-likeness (QED) is 0.0960. The number of nitrogens with two attached hydrogens (primary N) is 1. The predicted molar refractivity (Wildman–Crippen MR) is 248 cm³/mol. The molecule has 0 unspecified atom stereocenters. The molecule has 0 aliphatic carbocycles. The van der Waals surface area contributed by atoms with E-state index in [0.29, 0.717) is 114 Å². The first-order chi connectivity index (χ1) is 32.3. The van der Waals surface area contributed by atoms with Crippen molar-refractivity contribution in [2.24, 2.45) is 0 Å². The summed E-state index contributed by atoms with van der Waals surface area (Å²) in [6.45, 7) is 15.9. The Balaban J connectivity index is 0.000000261. The van der Waals surface area contributed by atoms with Crippen molar-refractivity contribution in [3.05, 3.63) is 154 Å². The number of ether oxygens (including phenoxy) is 9. The maximum atomic E-state index is 12.3. The van der Waals surface area contributed by atoms with Gasteiger partial charge < -0.3 is 47.9 Å². The molecule has 0 aromatic heterocycles. The number of para-hydroxylation sites is 4. The number of benzene rings is 5. The van der Waals surface area contributed by atoms with Gasteiger partial charge in [-0.15, -0.1) is 0 Å². The molecule has 0 fully saturated rings. The fourth-order valence-corrected chi connectivity index (χ4v) is 6.55. The average molecular weight is 982 g/mol. The van der Waals surface area contributed by atoms with Crippen molar-refractivity contribution in [1.82, 2.24) is 0 Å². The molecule has 2 N–H and O–H groups in total. The van der Waals surface area contributed by atoms with Crippen molar-refractivity contribution in [2.75, 3.05) is 79.3 Å². The van der Waals surface area contributed by atoms with Crippen LogP contribution in [0, 0.1) is 27.7 Å². The van der Waals surface area contributed by atoms with Gasteiger partial charge in [0.15, 0.2) is 23.0 Å². The monoisotopic (exact) mass is 981 g/mol. The van der Waals surface area contributed by atoms with Gasteiger partial charge in [-0.1, -0.05) is 95.1 Å². The van der Waals surface area contributed by atoms with Gasteiger partial charge in [0.1, 0.15) is 46.1 Å². The molecular formula is C50H62F6NO10P. The van der Waals surface area contributed by atoms with Gasteiger partial charge in [0.2, 0.25) is 0 Å². The van der Waals surface area contributed by atoms with Crippen LogP contribution in [0.25, 0.3) is 0 Å². The molecule has 374 valence electrons. The Kier molecular flexibility index (Phi) is 21.9. The number of hydrogen-bond donors (Lipinski definition) is 1. The molecule has 1 aliphatic rings. The fraction of sp³-hybridized carbons (Fsp3) is 0.380. The summed E-state index contributed by atoms with van der Waals surface area (Å²) < 4.78 is 110. The summed E-state index contributed by atoms with van der Waals surface area (Å²) in [6.07, 6.45) is 0. The Morgan fingerprint density at radius 3 is 1.13 bits per heavy atom. The van der Waals surface area contributed by atoms with Crippen LogP contribution in [-0.2, 0) is 43.4 Å². The standard InChI is InChI=1S/C26H29NO2.C24H32O8.F6P/c1-18-9-19(2)12-24(11-18)16-27-15-22-5-7-23(8-6-22)17-29-26(28)25-13-20(3)10-21(4)14-25;1-2-6-22-21(5-1)29-17-13-25-9-10-27-15-19-31-23-7-3-4-8-24(23)32-20-16-28-12-11-26-14-18-30-22;1-7(2,3,4,5)6/h5-14,27H,15-17H2,1-4H3;1-8H,9-20H2;/q;;-1/p+1. The molecule has 0 spiro atoms. The van der Waals surface area contributed by atoms with E-state index in [1.807, 2.05) is 92.7 Å². The molecular weight excluding hydrogens is 920 g/mol. The van der Waals surface area contributed by atoms with E-state index >= 15 is 0 Å². The topological polar surface area (TPSA) is 117 Å². The maximum absolute atomic E-state index is 12.3. The van der Waals surface area contributed by atoms with Gasteiger partial charge in [-0.05, 0) is 69.7 Å². The molecule has 11 nitrogen and oxygen atoms in total. The Bertz CT molecular complexity index is 2110. The third kappa shape index (κ3) is 25.6. The minimum absolute atomic E-state index is 0.275. The van der Waals surface area contributed by atoms with Gasteiger partial charge in [-0.25, -0.2) is 4.79 Å². The Morgan fingerprint density at radius 1 is 0.456 bits per heavy atom. The zero-order chi connectivity index (χ0) is 49.3. The maximum Gasteiger partial charge on any atom is 0.161 e. The number of halogens is 6. The minimum atomic E-state index is -10.7. The van der Waals surface area contributed by atoms with Crippen molar-refractivity contribution >= 4 is 13.8 Å². The first-order valence-electron chi connectivity index (χ1n) is 22.1. The molecule has 0 amide bonds. The number of esters is 1. The van der Waals surface area contributed by atoms with Crippen molar-refractivity contribution in [1.29, 1.82) is 0 Å². The molecule has 5 aromatic carbocycles. The van der Waals surface area contributed by atoms with E-state index < -0.39 is 7.81 Å². The summed E-state index contributed by atoms with van der Waals surface area (Å²) >= 11 is 0. The van der Waals surface area contributed by atoms with Gasteiger partial charge in [0.25, 0.3) is 0 Å². The van der Waals surface area contributed by atoms with Crippen LogP contribution in [0.1, 0.15) is 49.3 Å². The van der Waals surface area contributed by atoms with Gasteiger partial charge >= 0.3 is 39.0 Å². The zero-order valence-electron chi connectivity index (χ0n) is 38.9. The smallest absolute Gasteiger partial charge is 0.161 e. The molecule has 0 radical (unpaired) electrons. The van der Waals surface area contributed by atoms with Crippen LogP contribution in [0.5, 0.6) is 23.0 Å². The number of quaternary nitrogens is 1. The second-order valence-electron chi connectivity index (χ2n) is 15.7. The average Bonchev–Trinajstić information content (AvgIpc) is 3.26. The number of carbonyl (C=O) groups is 1. The first-order valence-corrected chi connectivity index (χ1v) is 24.1. The van der Waals surface area contributed by atoms with Gasteiger partial charge in [0.05, 0.1) is 58.4 Å². The molecule has 1 aliphatic heterocycles. The molecule has 5 aromatic rings. The van der Waals surface area contributed by atoms with Gasteiger partial charge in [-0.2, -0.15) is 0 Å². The molecule has 1 heterocycles. The largest absolute Gasteiger partial charge is 0.487 e. The Hall–Kier alpha value is -5.42. The van der Waals surface area contributed by atoms with E-state index in [9.17, 15) is 30.0 Å². The van der Waals surface area contributed by atoms with E-state index in [1.54, 1.807) is 0 Å². The molecule has 68 heavy (non-hydrogen) atoms. The van der Waals surface area contributed by atoms with Crippen LogP contribution < -0.4 is 24.3 Å². The number of fused-ring (bicyclic) bond motifs is 2. The zero-order valence-corrected chi connectivity index (χ0v) is 39.8. The third-order valence-electron chi connectivity index (χ3n) is 9.28. The van der Waals surface area contributed by atoms with E-state index in [-0.39, 0.29) is 5.97 Å². The summed E-state index contributed by atoms with van der Waals surface area (Å²) in [6, 6.07) is 35.9. The van der Waals surface area contributed by atoms with E-state index in [1.165, 1.54) is 22.3 Å². The Morgan fingerprint density at radius 2 is 0.765 bits per heavy atom. The van der Waals surface area contributed by atoms with Crippen LogP contribution in [0.15, 0.2) is 109 Å². The summed E-state index contributed by atoms with van der Waals surface area (Å²) in [7, 11) is -10.7. The first kappa shape index (κ1) is 55.2. The second kappa shape index (κ2) is 26.9. The molecule has 0 saturated heterocycles. The normalized spacial score (nSPS) is 15.6. The summed E-state index contributed by atoms with van der Waals surface area (Å²) in [5.74, 6) is 2.46. The van der Waals surface area contributed by atoms with E-state index in [2.05, 4.69) is 49.5 Å². The summed E-state index contributed by atoms with van der Waals surface area (Å²) in [5, 5.41) is 2.31. The number of aryl methyl sites for hydroxylation is 4. The predicted octanol–water partition coefficient (Wildman–Crippen LogP) is 10.9. The van der Waals surface area contributed by atoms with Crippen LogP contribution in [-0.4, -0.2) is 85.3 Å². The van der Waals surface area contributed by atoms with Crippen molar-refractivity contribution in [3.8, 4) is 23.0 Å². The van der Waals surface area contributed by atoms with Crippen molar-refractivity contribution in [3.63, 3.8) is 0 Å². The molecule has 0 bridgehead atoms. The van der Waals surface area contributed by atoms with Gasteiger partial charge in [-0.3, -0.25) is 0 Å². The molecule has 18 heteroatoms. The number of hydrogen-bond acceptors (Lipinski definition) is 10. The van der Waals surface area contributed by atoms with Crippen LogP contribution in [0.2, 0.25) is 0 Å². The van der Waals surface area contributed by atoms with Crippen LogP contribution >= 0.6 is 7.81 Å². The van der Waals surface area contributed by atoms with E-state index in [0.717, 1.165) is 29.8 Å².